The molecule has 8 heteroatoms. The molecule has 1 aliphatic heterocycles. The minimum absolute atomic E-state index is 0.281. The van der Waals surface area contributed by atoms with Crippen molar-refractivity contribution in [2.24, 2.45) is 10.3 Å². The zero-order valence-corrected chi connectivity index (χ0v) is 13.1. The molecule has 2 aromatic carbocycles. The van der Waals surface area contributed by atoms with Gasteiger partial charge < -0.3 is 0 Å². The summed E-state index contributed by atoms with van der Waals surface area (Å²) in [6.45, 7) is 0.363. The van der Waals surface area contributed by atoms with Crippen LogP contribution in [0.1, 0.15) is 17.2 Å². The van der Waals surface area contributed by atoms with E-state index in [-0.39, 0.29) is 6.04 Å². The lowest BCUT2D eigenvalue weighted by molar-refractivity contribution is -0.137. The van der Waals surface area contributed by atoms with E-state index in [1.165, 1.54) is 12.1 Å². The second-order valence-electron chi connectivity index (χ2n) is 4.98. The summed E-state index contributed by atoms with van der Waals surface area (Å²) < 4.78 is 37.9. The van der Waals surface area contributed by atoms with Crippen LogP contribution in [0.15, 0.2) is 52.8 Å². The van der Waals surface area contributed by atoms with Gasteiger partial charge >= 0.3 is 6.18 Å². The third-order valence-electron chi connectivity index (χ3n) is 3.49. The van der Waals surface area contributed by atoms with Gasteiger partial charge in [-0.25, -0.2) is 5.01 Å². The fourth-order valence-electron chi connectivity index (χ4n) is 2.36. The highest BCUT2D eigenvalue weighted by Gasteiger charge is 2.31. The van der Waals surface area contributed by atoms with Crippen LogP contribution in [-0.2, 0) is 6.18 Å². The summed E-state index contributed by atoms with van der Waals surface area (Å²) in [5.74, 6) is 0. The average molecular weight is 360 g/mol. The van der Waals surface area contributed by atoms with Crippen molar-refractivity contribution in [3.05, 3.63) is 63.6 Å². The number of nitrogens with zero attached hydrogens (tertiary/aromatic N) is 3. The van der Waals surface area contributed by atoms with Gasteiger partial charge in [-0.15, -0.1) is 0 Å². The van der Waals surface area contributed by atoms with Crippen molar-refractivity contribution in [2.75, 3.05) is 11.6 Å². The highest BCUT2D eigenvalue weighted by Crippen LogP contribution is 2.37. The molecule has 0 fully saturated rings. The molecular weight excluding hydrogens is 350 g/mol. The topological polar surface area (TPSA) is 28.0 Å². The first kappa shape index (κ1) is 16.1. The van der Waals surface area contributed by atoms with Crippen LogP contribution in [0.3, 0.4) is 0 Å². The monoisotopic (exact) mass is 359 g/mol. The molecule has 23 heavy (non-hydrogen) atoms. The number of alkyl halides is 3. The molecule has 0 radical (unpaired) electrons. The van der Waals surface area contributed by atoms with Crippen molar-refractivity contribution >= 4 is 28.9 Å². The molecule has 3 rings (SSSR count). The van der Waals surface area contributed by atoms with E-state index < -0.39 is 11.7 Å². The smallest absolute Gasteiger partial charge is 0.238 e. The molecule has 1 unspecified atom stereocenters. The van der Waals surface area contributed by atoms with Crippen LogP contribution in [0.25, 0.3) is 0 Å². The van der Waals surface area contributed by atoms with Crippen molar-refractivity contribution in [1.29, 1.82) is 0 Å². The van der Waals surface area contributed by atoms with E-state index >= 15 is 0 Å². The van der Waals surface area contributed by atoms with Gasteiger partial charge in [0.15, 0.2) is 0 Å². The molecular formula is C15H10Cl2F3N3. The lowest BCUT2D eigenvalue weighted by Gasteiger charge is -2.23. The second-order valence-corrected chi connectivity index (χ2v) is 5.83. The highest BCUT2D eigenvalue weighted by atomic mass is 35.5. The zero-order valence-electron chi connectivity index (χ0n) is 11.6. The average Bonchev–Trinajstić information content (AvgIpc) is 2.95. The molecule has 1 heterocycles. The Morgan fingerprint density at radius 1 is 1.04 bits per heavy atom. The molecule has 0 aliphatic carbocycles. The molecule has 0 amide bonds. The van der Waals surface area contributed by atoms with E-state index in [0.717, 1.165) is 17.7 Å². The molecule has 0 bridgehead atoms. The third-order valence-corrected chi connectivity index (χ3v) is 4.05. The van der Waals surface area contributed by atoms with Crippen LogP contribution in [0.2, 0.25) is 10.0 Å². The van der Waals surface area contributed by atoms with Gasteiger partial charge in [0, 0.05) is 10.0 Å². The summed E-state index contributed by atoms with van der Waals surface area (Å²) in [5, 5.41) is 10.5. The number of hydrogen-bond acceptors (Lipinski definition) is 3. The maximum absolute atomic E-state index is 12.6. The number of hydrogen-bond donors (Lipinski definition) is 0. The van der Waals surface area contributed by atoms with E-state index in [0.29, 0.717) is 22.3 Å². The maximum Gasteiger partial charge on any atom is 0.416 e. The Bertz CT molecular complexity index is 745. The lowest BCUT2D eigenvalue weighted by Crippen LogP contribution is -2.21. The van der Waals surface area contributed by atoms with E-state index in [9.17, 15) is 13.2 Å². The zero-order chi connectivity index (χ0) is 16.6. The van der Waals surface area contributed by atoms with Crippen LogP contribution in [0.5, 0.6) is 0 Å². The van der Waals surface area contributed by atoms with Gasteiger partial charge in [-0.05, 0) is 42.0 Å². The Morgan fingerprint density at radius 2 is 1.74 bits per heavy atom. The summed E-state index contributed by atoms with van der Waals surface area (Å²) in [6, 6.07) is 9.56. The summed E-state index contributed by atoms with van der Waals surface area (Å²) in [7, 11) is 0. The van der Waals surface area contributed by atoms with Crippen molar-refractivity contribution < 1.29 is 13.2 Å². The van der Waals surface area contributed by atoms with Crippen LogP contribution >= 0.6 is 23.2 Å². The Labute approximate surface area is 140 Å². The van der Waals surface area contributed by atoms with Gasteiger partial charge in [-0.3, -0.25) is 0 Å². The molecule has 0 aromatic heterocycles. The fourth-order valence-corrected chi connectivity index (χ4v) is 2.89. The standard InChI is InChI=1S/C15H10Cl2F3N3/c16-10-3-6-12(13(17)7-10)14-8-21-22-23(14)11-4-1-9(2-5-11)15(18,19)20/h1-7,14H,8H2. The minimum Gasteiger partial charge on any atom is -0.238 e. The van der Waals surface area contributed by atoms with Gasteiger partial charge in [0.1, 0.15) is 6.04 Å². The minimum atomic E-state index is -4.37. The predicted octanol–water partition coefficient (Wildman–Crippen LogP) is 5.94. The number of benzene rings is 2. The Kier molecular flexibility index (Phi) is 4.21. The highest BCUT2D eigenvalue weighted by molar-refractivity contribution is 6.35. The Morgan fingerprint density at radius 3 is 2.35 bits per heavy atom. The molecule has 120 valence electrons. The first-order valence-corrected chi connectivity index (χ1v) is 7.41. The van der Waals surface area contributed by atoms with Crippen molar-refractivity contribution in [3.8, 4) is 0 Å². The van der Waals surface area contributed by atoms with Crippen LogP contribution in [0.4, 0.5) is 18.9 Å². The molecule has 2 aromatic rings. The number of halogens is 5. The summed E-state index contributed by atoms with van der Waals surface area (Å²) >= 11 is 12.1. The SMILES string of the molecule is FC(F)(F)c1ccc(N2N=NCC2c2ccc(Cl)cc2Cl)cc1. The third kappa shape index (κ3) is 3.28. The van der Waals surface area contributed by atoms with Gasteiger partial charge in [0.05, 0.1) is 17.8 Å². The van der Waals surface area contributed by atoms with Crippen LogP contribution in [-0.4, -0.2) is 6.54 Å². The van der Waals surface area contributed by atoms with Gasteiger partial charge in [0.2, 0.25) is 0 Å². The fraction of sp³-hybridized carbons (Fsp3) is 0.200. The molecule has 3 nitrogen and oxygen atoms in total. The number of rotatable bonds is 2. The lowest BCUT2D eigenvalue weighted by atomic mass is 10.1. The molecule has 0 N–H and O–H groups in total. The molecule has 0 saturated heterocycles. The summed E-state index contributed by atoms with van der Waals surface area (Å²) in [5.41, 5.74) is 0.565. The van der Waals surface area contributed by atoms with Crippen molar-refractivity contribution in [1.82, 2.24) is 0 Å². The molecule has 1 atom stereocenters. The van der Waals surface area contributed by atoms with E-state index in [1.54, 1.807) is 23.2 Å². The first-order chi connectivity index (χ1) is 10.9. The van der Waals surface area contributed by atoms with Gasteiger partial charge in [-0.2, -0.15) is 18.3 Å². The van der Waals surface area contributed by atoms with Crippen LogP contribution in [0, 0.1) is 0 Å². The largest absolute Gasteiger partial charge is 0.416 e. The summed E-state index contributed by atoms with van der Waals surface area (Å²) in [4.78, 5) is 0. The molecule has 1 aliphatic rings. The second kappa shape index (κ2) is 6.02. The first-order valence-electron chi connectivity index (χ1n) is 6.65. The number of anilines is 1. The van der Waals surface area contributed by atoms with Crippen molar-refractivity contribution in [2.45, 2.75) is 12.2 Å². The van der Waals surface area contributed by atoms with Crippen LogP contribution < -0.4 is 5.01 Å². The van der Waals surface area contributed by atoms with E-state index in [4.69, 9.17) is 23.2 Å². The summed E-state index contributed by atoms with van der Waals surface area (Å²) in [6.07, 6.45) is -4.37. The van der Waals surface area contributed by atoms with Crippen molar-refractivity contribution in [3.63, 3.8) is 0 Å². The van der Waals surface area contributed by atoms with E-state index in [1.807, 2.05) is 0 Å². The predicted molar refractivity (Wildman–Crippen MR) is 82.8 cm³/mol. The molecule has 0 saturated carbocycles. The van der Waals surface area contributed by atoms with Gasteiger partial charge in [-0.1, -0.05) is 34.5 Å². The maximum atomic E-state index is 12.6. The Hall–Kier alpha value is -1.79. The molecule has 0 spiro atoms. The normalized spacial score (nSPS) is 17.8. The van der Waals surface area contributed by atoms with E-state index in [2.05, 4.69) is 10.3 Å². The van der Waals surface area contributed by atoms with Gasteiger partial charge in [0.25, 0.3) is 0 Å². The Balaban J connectivity index is 1.91. The quantitative estimate of drug-likeness (QED) is 0.651.